The van der Waals surface area contributed by atoms with Crippen molar-refractivity contribution in [3.05, 3.63) is 64.7 Å². The summed E-state index contributed by atoms with van der Waals surface area (Å²) in [6.07, 6.45) is 0. The molecular weight excluding hydrogens is 291 g/mol. The number of H-pyrrole nitrogens is 1. The SMILES string of the molecule is Fc1ccccc1COc1ccccc1-c1n[nH]c(=S)o1. The van der Waals surface area contributed by atoms with Crippen LogP contribution in [0.15, 0.2) is 52.9 Å². The van der Waals surface area contributed by atoms with Crippen molar-refractivity contribution in [2.24, 2.45) is 0 Å². The summed E-state index contributed by atoms with van der Waals surface area (Å²) in [5, 5.41) is 6.53. The monoisotopic (exact) mass is 302 g/mol. The first-order valence-electron chi connectivity index (χ1n) is 6.25. The van der Waals surface area contributed by atoms with E-state index < -0.39 is 0 Å². The van der Waals surface area contributed by atoms with E-state index in [9.17, 15) is 4.39 Å². The van der Waals surface area contributed by atoms with Crippen LogP contribution in [0.5, 0.6) is 5.75 Å². The molecule has 0 bridgehead atoms. The molecule has 0 radical (unpaired) electrons. The Hall–Kier alpha value is -2.47. The lowest BCUT2D eigenvalue weighted by Crippen LogP contribution is -1.99. The fourth-order valence-electron chi connectivity index (χ4n) is 1.89. The highest BCUT2D eigenvalue weighted by molar-refractivity contribution is 7.71. The third-order valence-corrected chi connectivity index (χ3v) is 3.07. The number of ether oxygens (including phenoxy) is 1. The summed E-state index contributed by atoms with van der Waals surface area (Å²) < 4.78 is 24.5. The molecule has 1 aromatic heterocycles. The molecule has 3 rings (SSSR count). The summed E-state index contributed by atoms with van der Waals surface area (Å²) in [6.45, 7) is 0.120. The van der Waals surface area contributed by atoms with Gasteiger partial charge in [0.25, 0.3) is 4.84 Å². The van der Waals surface area contributed by atoms with Crippen molar-refractivity contribution in [3.8, 4) is 17.2 Å². The molecule has 3 aromatic rings. The van der Waals surface area contributed by atoms with E-state index in [1.165, 1.54) is 6.07 Å². The van der Waals surface area contributed by atoms with Gasteiger partial charge in [-0.2, -0.15) is 0 Å². The van der Waals surface area contributed by atoms with Gasteiger partial charge in [0.05, 0.1) is 5.56 Å². The highest BCUT2D eigenvalue weighted by Gasteiger charge is 2.11. The van der Waals surface area contributed by atoms with Crippen LogP contribution in [0, 0.1) is 10.7 Å². The van der Waals surface area contributed by atoms with Crippen LogP contribution in [0.3, 0.4) is 0 Å². The Labute approximate surface area is 125 Å². The third-order valence-electron chi connectivity index (χ3n) is 2.90. The maximum absolute atomic E-state index is 13.6. The van der Waals surface area contributed by atoms with Gasteiger partial charge in [0, 0.05) is 5.56 Å². The van der Waals surface area contributed by atoms with Crippen LogP contribution in [-0.2, 0) is 6.61 Å². The lowest BCUT2D eigenvalue weighted by molar-refractivity contribution is 0.300. The average molecular weight is 302 g/mol. The van der Waals surface area contributed by atoms with Gasteiger partial charge in [-0.25, -0.2) is 9.49 Å². The first-order valence-corrected chi connectivity index (χ1v) is 6.66. The van der Waals surface area contributed by atoms with Gasteiger partial charge in [-0.05, 0) is 30.4 Å². The molecule has 1 heterocycles. The van der Waals surface area contributed by atoms with E-state index in [1.807, 2.05) is 12.1 Å². The summed E-state index contributed by atoms with van der Waals surface area (Å²) in [6, 6.07) is 13.7. The fourth-order valence-corrected chi connectivity index (χ4v) is 2.01. The molecule has 0 saturated carbocycles. The van der Waals surface area contributed by atoms with E-state index >= 15 is 0 Å². The van der Waals surface area contributed by atoms with Crippen LogP contribution in [0.1, 0.15) is 5.56 Å². The van der Waals surface area contributed by atoms with E-state index in [1.54, 1.807) is 30.3 Å². The molecule has 4 nitrogen and oxygen atoms in total. The second kappa shape index (κ2) is 5.88. The smallest absolute Gasteiger partial charge is 0.284 e. The van der Waals surface area contributed by atoms with Gasteiger partial charge in [0.15, 0.2) is 0 Å². The van der Waals surface area contributed by atoms with E-state index in [0.717, 1.165) is 0 Å². The molecule has 0 aliphatic heterocycles. The number of para-hydroxylation sites is 1. The molecule has 0 atom stereocenters. The lowest BCUT2D eigenvalue weighted by atomic mass is 10.2. The van der Waals surface area contributed by atoms with Crippen LogP contribution in [0.2, 0.25) is 0 Å². The number of nitrogens with one attached hydrogen (secondary N) is 1. The van der Waals surface area contributed by atoms with Crippen molar-refractivity contribution < 1.29 is 13.5 Å². The van der Waals surface area contributed by atoms with E-state index in [-0.39, 0.29) is 17.3 Å². The number of hydrogen-bond donors (Lipinski definition) is 1. The quantitative estimate of drug-likeness (QED) is 0.737. The van der Waals surface area contributed by atoms with Gasteiger partial charge in [-0.1, -0.05) is 30.3 Å². The number of halogens is 1. The van der Waals surface area contributed by atoms with Crippen LogP contribution < -0.4 is 4.74 Å². The molecule has 6 heteroatoms. The normalized spacial score (nSPS) is 10.5. The van der Waals surface area contributed by atoms with E-state index in [4.69, 9.17) is 21.4 Å². The largest absolute Gasteiger partial charge is 0.488 e. The summed E-state index contributed by atoms with van der Waals surface area (Å²) >= 11 is 4.86. The Bertz CT molecular complexity index is 813. The zero-order chi connectivity index (χ0) is 14.7. The molecule has 1 N–H and O–H groups in total. The van der Waals surface area contributed by atoms with Crippen LogP contribution >= 0.6 is 12.2 Å². The second-order valence-electron chi connectivity index (χ2n) is 4.29. The van der Waals surface area contributed by atoms with Crippen LogP contribution in [0.25, 0.3) is 11.5 Å². The van der Waals surface area contributed by atoms with Gasteiger partial charge in [0.1, 0.15) is 18.2 Å². The Kier molecular flexibility index (Phi) is 3.79. The second-order valence-corrected chi connectivity index (χ2v) is 4.67. The van der Waals surface area contributed by atoms with Crippen molar-refractivity contribution in [1.29, 1.82) is 0 Å². The summed E-state index contributed by atoms with van der Waals surface area (Å²) in [7, 11) is 0. The molecular formula is C15H11FN2O2S. The molecule has 0 saturated heterocycles. The fraction of sp³-hybridized carbons (Fsp3) is 0.0667. The average Bonchev–Trinajstić information content (AvgIpc) is 2.93. The number of nitrogens with zero attached hydrogens (tertiary/aromatic N) is 1. The van der Waals surface area contributed by atoms with E-state index in [0.29, 0.717) is 22.8 Å². The van der Waals surface area contributed by atoms with Crippen molar-refractivity contribution in [3.63, 3.8) is 0 Å². The maximum atomic E-state index is 13.6. The Morgan fingerprint density at radius 1 is 1.14 bits per heavy atom. The maximum Gasteiger partial charge on any atom is 0.284 e. The molecule has 0 amide bonds. The first kappa shape index (κ1) is 13.5. The van der Waals surface area contributed by atoms with Gasteiger partial charge >= 0.3 is 0 Å². The van der Waals surface area contributed by atoms with Gasteiger partial charge in [-0.3, -0.25) is 0 Å². The molecule has 0 aliphatic rings. The number of benzene rings is 2. The van der Waals surface area contributed by atoms with Gasteiger partial charge in [0.2, 0.25) is 5.89 Å². The lowest BCUT2D eigenvalue weighted by Gasteiger charge is -2.09. The third kappa shape index (κ3) is 3.00. The molecule has 0 spiro atoms. The number of aromatic amines is 1. The highest BCUT2D eigenvalue weighted by atomic mass is 32.1. The molecule has 0 aliphatic carbocycles. The van der Waals surface area contributed by atoms with E-state index in [2.05, 4.69) is 10.2 Å². The zero-order valence-electron chi connectivity index (χ0n) is 10.9. The minimum atomic E-state index is -0.299. The molecule has 21 heavy (non-hydrogen) atoms. The number of aromatic nitrogens is 2. The van der Waals surface area contributed by atoms with Crippen molar-refractivity contribution >= 4 is 12.2 Å². The standard InChI is InChI=1S/C15H11FN2O2S/c16-12-7-3-1-5-10(12)9-19-13-8-4-2-6-11(13)14-17-18-15(21)20-14/h1-8H,9H2,(H,18,21). The summed E-state index contributed by atoms with van der Waals surface area (Å²) in [5.74, 6) is 0.586. The van der Waals surface area contributed by atoms with Crippen LogP contribution in [0.4, 0.5) is 4.39 Å². The van der Waals surface area contributed by atoms with Crippen molar-refractivity contribution in [1.82, 2.24) is 10.2 Å². The molecule has 106 valence electrons. The molecule has 0 unspecified atom stereocenters. The Morgan fingerprint density at radius 2 is 1.90 bits per heavy atom. The minimum absolute atomic E-state index is 0.120. The predicted octanol–water partition coefficient (Wildman–Crippen LogP) is 4.12. The topological polar surface area (TPSA) is 51.0 Å². The number of hydrogen-bond acceptors (Lipinski definition) is 4. The zero-order valence-corrected chi connectivity index (χ0v) is 11.7. The van der Waals surface area contributed by atoms with Gasteiger partial charge < -0.3 is 9.15 Å². The van der Waals surface area contributed by atoms with Crippen LogP contribution in [-0.4, -0.2) is 10.2 Å². The Morgan fingerprint density at radius 3 is 2.67 bits per heavy atom. The van der Waals surface area contributed by atoms with Gasteiger partial charge in [-0.15, -0.1) is 5.10 Å². The predicted molar refractivity (Wildman–Crippen MR) is 77.9 cm³/mol. The molecule has 0 fully saturated rings. The van der Waals surface area contributed by atoms with Crippen molar-refractivity contribution in [2.45, 2.75) is 6.61 Å². The molecule has 2 aromatic carbocycles. The first-order chi connectivity index (χ1) is 10.2. The highest BCUT2D eigenvalue weighted by Crippen LogP contribution is 2.29. The summed E-state index contributed by atoms with van der Waals surface area (Å²) in [5.41, 5.74) is 1.14. The Balaban J connectivity index is 1.86. The minimum Gasteiger partial charge on any atom is -0.488 e. The van der Waals surface area contributed by atoms with Crippen molar-refractivity contribution in [2.75, 3.05) is 0 Å². The summed E-state index contributed by atoms with van der Waals surface area (Å²) in [4.78, 5) is 0.189. The number of rotatable bonds is 4.